The van der Waals surface area contributed by atoms with Crippen molar-refractivity contribution in [1.82, 2.24) is 16.5 Å². The lowest BCUT2D eigenvalue weighted by atomic mass is 9.98. The number of benzene rings is 3. The molecule has 5 N–H and O–H groups in total. The second-order valence-electron chi connectivity index (χ2n) is 7.77. The van der Waals surface area contributed by atoms with Crippen LogP contribution in [-0.2, 0) is 12.8 Å². The third-order valence-electron chi connectivity index (χ3n) is 5.37. The summed E-state index contributed by atoms with van der Waals surface area (Å²) in [4.78, 5) is 11.5. The number of phenolic OH excluding ortho intramolecular Hbond substituents is 1. The van der Waals surface area contributed by atoms with E-state index in [1.165, 1.54) is 0 Å². The Labute approximate surface area is 198 Å². The number of hydrazone groups is 1. The van der Waals surface area contributed by atoms with Gasteiger partial charge in [0.2, 0.25) is 0 Å². The third-order valence-corrected chi connectivity index (χ3v) is 5.37. The summed E-state index contributed by atoms with van der Waals surface area (Å²) in [6.45, 7) is 0.843. The van der Waals surface area contributed by atoms with Gasteiger partial charge < -0.3 is 14.9 Å². The Balaban J connectivity index is 1.49. The Hall–Kier alpha value is -4.09. The van der Waals surface area contributed by atoms with Crippen LogP contribution in [0.15, 0.2) is 65.8 Å². The first-order valence-electron chi connectivity index (χ1n) is 10.4. The molecular formula is C24H21F3N4O4. The average Bonchev–Trinajstić information content (AvgIpc) is 3.37. The molecule has 1 atom stereocenters. The maximum atomic E-state index is 13.5. The van der Waals surface area contributed by atoms with Crippen molar-refractivity contribution in [3.8, 4) is 11.5 Å². The molecule has 1 aliphatic rings. The van der Waals surface area contributed by atoms with Gasteiger partial charge in [-0.1, -0.05) is 42.5 Å². The van der Waals surface area contributed by atoms with E-state index in [1.807, 2.05) is 6.07 Å². The summed E-state index contributed by atoms with van der Waals surface area (Å²) in [7, 11) is 0. The molecule has 1 aliphatic heterocycles. The second-order valence-corrected chi connectivity index (χ2v) is 7.77. The summed E-state index contributed by atoms with van der Waals surface area (Å²) < 4.78 is 45.9. The number of hydrazine groups is 2. The molecule has 0 spiro atoms. The molecule has 4 rings (SSSR count). The van der Waals surface area contributed by atoms with Crippen molar-refractivity contribution in [1.29, 1.82) is 0 Å². The van der Waals surface area contributed by atoms with E-state index in [2.05, 4.69) is 21.6 Å². The number of nitrogens with one attached hydrogen (secondary N) is 3. The van der Waals surface area contributed by atoms with Gasteiger partial charge in [-0.3, -0.25) is 10.2 Å². The van der Waals surface area contributed by atoms with Crippen LogP contribution in [0.4, 0.5) is 13.2 Å². The smallest absolute Gasteiger partial charge is 0.423 e. The van der Waals surface area contributed by atoms with Crippen LogP contribution >= 0.6 is 0 Å². The van der Waals surface area contributed by atoms with Gasteiger partial charge in [0.25, 0.3) is 0 Å². The summed E-state index contributed by atoms with van der Waals surface area (Å²) in [5, 5.41) is 24.8. The van der Waals surface area contributed by atoms with E-state index in [1.54, 1.807) is 42.5 Å². The summed E-state index contributed by atoms with van der Waals surface area (Å²) in [5.41, 5.74) is 8.69. The molecule has 0 amide bonds. The fourth-order valence-electron chi connectivity index (χ4n) is 3.59. The highest BCUT2D eigenvalue weighted by Crippen LogP contribution is 2.44. The maximum Gasteiger partial charge on any atom is 0.423 e. The van der Waals surface area contributed by atoms with Crippen molar-refractivity contribution < 1.29 is 32.9 Å². The molecule has 3 aromatic rings. The average molecular weight is 486 g/mol. The molecular weight excluding hydrogens is 465 g/mol. The number of nitrogens with zero attached hydrogens (tertiary/aromatic N) is 1. The predicted octanol–water partition coefficient (Wildman–Crippen LogP) is 3.55. The summed E-state index contributed by atoms with van der Waals surface area (Å²) >= 11 is 0. The van der Waals surface area contributed by atoms with Crippen LogP contribution in [0, 0.1) is 0 Å². The Bertz CT molecular complexity index is 1280. The van der Waals surface area contributed by atoms with E-state index >= 15 is 0 Å². The van der Waals surface area contributed by atoms with Crippen LogP contribution in [-0.4, -0.2) is 21.8 Å². The van der Waals surface area contributed by atoms with Crippen LogP contribution in [0.5, 0.6) is 11.5 Å². The summed E-state index contributed by atoms with van der Waals surface area (Å²) in [6.07, 6.45) is -5.86. The van der Waals surface area contributed by atoms with E-state index in [4.69, 9.17) is 4.74 Å². The largest absolute Gasteiger partial charge is 0.506 e. The molecule has 3 aromatic carbocycles. The molecule has 1 unspecified atom stereocenters. The molecule has 35 heavy (non-hydrogen) atoms. The van der Waals surface area contributed by atoms with Crippen molar-refractivity contribution in [3.05, 3.63) is 94.0 Å². The van der Waals surface area contributed by atoms with Crippen molar-refractivity contribution in [2.45, 2.75) is 25.8 Å². The number of hydrogen-bond donors (Lipinski definition) is 5. The highest BCUT2D eigenvalue weighted by molar-refractivity contribution is 5.99. The normalized spacial score (nSPS) is 14.0. The number of halogens is 3. The lowest BCUT2D eigenvalue weighted by molar-refractivity contribution is -0.140. The van der Waals surface area contributed by atoms with Gasteiger partial charge in [-0.15, -0.1) is 10.6 Å². The van der Waals surface area contributed by atoms with Crippen LogP contribution in [0.3, 0.4) is 0 Å². The highest BCUT2D eigenvalue weighted by atomic mass is 19.4. The topological polar surface area (TPSA) is 115 Å². The van der Waals surface area contributed by atoms with E-state index in [0.29, 0.717) is 22.5 Å². The van der Waals surface area contributed by atoms with Crippen molar-refractivity contribution in [2.24, 2.45) is 5.10 Å². The first-order chi connectivity index (χ1) is 16.6. The fraction of sp³-hybridized carbons (Fsp3) is 0.167. The van der Waals surface area contributed by atoms with Crippen LogP contribution < -0.4 is 21.2 Å². The molecule has 0 radical (unpaired) electrons. The number of ketones is 1. The summed E-state index contributed by atoms with van der Waals surface area (Å²) in [5.74, 6) is -1.88. The number of phenols is 1. The Morgan fingerprint density at radius 2 is 1.83 bits per heavy atom. The van der Waals surface area contributed by atoms with Gasteiger partial charge >= 0.3 is 6.18 Å². The third kappa shape index (κ3) is 5.20. The van der Waals surface area contributed by atoms with E-state index in [0.717, 1.165) is 24.6 Å². The number of rotatable bonds is 7. The van der Waals surface area contributed by atoms with Crippen LogP contribution in [0.1, 0.15) is 51.2 Å². The quantitative estimate of drug-likeness (QED) is 0.325. The number of alkyl halides is 3. The Kier molecular flexibility index (Phi) is 6.63. The minimum atomic E-state index is -4.92. The van der Waals surface area contributed by atoms with Gasteiger partial charge in [0.1, 0.15) is 29.8 Å². The molecule has 0 saturated heterocycles. The van der Waals surface area contributed by atoms with E-state index in [-0.39, 0.29) is 6.61 Å². The van der Waals surface area contributed by atoms with Gasteiger partial charge in [0, 0.05) is 5.56 Å². The Morgan fingerprint density at radius 1 is 1.09 bits per heavy atom. The first-order valence-corrected chi connectivity index (χ1v) is 10.4. The lowest BCUT2D eigenvalue weighted by Crippen LogP contribution is -2.35. The minimum absolute atomic E-state index is 0.223. The number of amidine groups is 1. The van der Waals surface area contributed by atoms with Gasteiger partial charge in [-0.25, -0.2) is 5.53 Å². The van der Waals surface area contributed by atoms with Gasteiger partial charge in [0.05, 0.1) is 5.56 Å². The SMILES string of the molecule is CC(=O)c1ccc(OCc2ccc(C(O)c3cccc(C4=NNNN4)c3)cc2)c(C(F)(F)F)c1O. The van der Waals surface area contributed by atoms with Crippen molar-refractivity contribution in [3.63, 3.8) is 0 Å². The molecule has 1 heterocycles. The molecule has 0 fully saturated rings. The number of aliphatic hydroxyl groups excluding tert-OH is 1. The molecule has 182 valence electrons. The van der Waals surface area contributed by atoms with Crippen LogP contribution in [0.25, 0.3) is 0 Å². The Morgan fingerprint density at radius 3 is 2.46 bits per heavy atom. The predicted molar refractivity (Wildman–Crippen MR) is 120 cm³/mol. The number of aromatic hydroxyl groups is 1. The summed E-state index contributed by atoms with van der Waals surface area (Å²) in [6, 6.07) is 15.8. The highest BCUT2D eigenvalue weighted by Gasteiger charge is 2.39. The number of hydrogen-bond acceptors (Lipinski definition) is 8. The second kappa shape index (κ2) is 9.65. The maximum absolute atomic E-state index is 13.5. The number of Topliss-reactive ketones (excluding diaryl/α,β-unsaturated/α-hetero) is 1. The number of carbonyl (C=O) groups excluding carboxylic acids is 1. The van der Waals surface area contributed by atoms with E-state index < -0.39 is 40.7 Å². The molecule has 8 nitrogen and oxygen atoms in total. The molecule has 0 aliphatic carbocycles. The number of aliphatic hydroxyl groups is 1. The molecule has 0 bridgehead atoms. The van der Waals surface area contributed by atoms with E-state index in [9.17, 15) is 28.2 Å². The molecule has 0 saturated carbocycles. The van der Waals surface area contributed by atoms with Crippen molar-refractivity contribution >= 4 is 11.6 Å². The fourth-order valence-corrected chi connectivity index (χ4v) is 3.59. The molecule has 11 heteroatoms. The van der Waals surface area contributed by atoms with Crippen LogP contribution in [0.2, 0.25) is 0 Å². The minimum Gasteiger partial charge on any atom is -0.506 e. The number of ether oxygens (including phenoxy) is 1. The van der Waals surface area contributed by atoms with Gasteiger partial charge in [-0.05, 0) is 41.8 Å². The zero-order chi connectivity index (χ0) is 25.2. The zero-order valence-electron chi connectivity index (χ0n) is 18.3. The molecule has 0 aromatic heterocycles. The van der Waals surface area contributed by atoms with Gasteiger partial charge in [-0.2, -0.15) is 13.2 Å². The lowest BCUT2D eigenvalue weighted by Gasteiger charge is -2.17. The zero-order valence-corrected chi connectivity index (χ0v) is 18.3. The standard InChI is InChI=1S/C24H21F3N4O4/c1-13(32)18-9-10-19(20(22(18)34)24(25,26)27)35-12-14-5-7-15(8-6-14)21(33)16-3-2-4-17(11-16)23-28-30-31-29-23/h2-11,21,30-31,33-34H,12H2,1H3,(H,28,29). The first kappa shape index (κ1) is 24.0. The van der Waals surface area contributed by atoms with Gasteiger partial charge in [0.15, 0.2) is 11.6 Å². The monoisotopic (exact) mass is 486 g/mol. The number of carbonyl (C=O) groups is 1. The van der Waals surface area contributed by atoms with Crippen molar-refractivity contribution in [2.75, 3.05) is 0 Å².